The average Bonchev–Trinajstić information content (AvgIpc) is 3.42. The molecule has 7 rings (SSSR count). The van der Waals surface area contributed by atoms with Gasteiger partial charge in [-0.15, -0.1) is 0 Å². The first-order chi connectivity index (χ1) is 19.0. The largest absolute Gasteiger partial charge is 0.508 e. The number of aromatic hydroxyl groups is 1. The topological polar surface area (TPSA) is 93.1 Å². The molecule has 4 aliphatic carbocycles. The van der Waals surface area contributed by atoms with Crippen LogP contribution in [0.15, 0.2) is 64.7 Å². The van der Waals surface area contributed by atoms with Gasteiger partial charge in [-0.05, 0) is 98.6 Å². The van der Waals surface area contributed by atoms with Gasteiger partial charge in [0, 0.05) is 23.7 Å². The van der Waals surface area contributed by atoms with Crippen molar-refractivity contribution in [3.8, 4) is 5.75 Å². The number of unbranched alkanes of at least 4 members (excludes halogenated alkanes) is 5. The molecule has 2 fully saturated rings. The number of fused-ring (bicyclic) bond motifs is 1. The van der Waals surface area contributed by atoms with E-state index >= 15 is 0 Å². The van der Waals surface area contributed by atoms with Crippen LogP contribution in [0.3, 0.4) is 0 Å². The molecule has 1 spiro atoms. The van der Waals surface area contributed by atoms with Gasteiger partial charge in [0.15, 0.2) is 0 Å². The van der Waals surface area contributed by atoms with Crippen molar-refractivity contribution in [3.05, 3.63) is 70.2 Å². The van der Waals surface area contributed by atoms with E-state index in [2.05, 4.69) is 19.1 Å². The molecule has 2 bridgehead atoms. The summed E-state index contributed by atoms with van der Waals surface area (Å²) in [6.45, 7) is 2.34. The Bertz CT molecular complexity index is 1310. The Morgan fingerprint density at radius 2 is 1.85 bits per heavy atom. The van der Waals surface area contributed by atoms with Gasteiger partial charge in [-0.2, -0.15) is 0 Å². The van der Waals surface area contributed by atoms with Gasteiger partial charge in [-0.1, -0.05) is 38.3 Å². The van der Waals surface area contributed by atoms with Gasteiger partial charge in [-0.3, -0.25) is 0 Å². The summed E-state index contributed by atoms with van der Waals surface area (Å²) in [6, 6.07) is 7.22. The Morgan fingerprint density at radius 1 is 1.00 bits per heavy atom. The molecule has 0 unspecified atom stereocenters. The van der Waals surface area contributed by atoms with Crippen LogP contribution < -0.4 is 0 Å². The molecule has 4 atom stereocenters. The number of aliphatic hydroxyl groups is 1. The maximum Gasteiger partial charge on any atom is 0.340 e. The van der Waals surface area contributed by atoms with Crippen LogP contribution in [-0.2, 0) is 19.1 Å². The lowest BCUT2D eigenvalue weighted by atomic mass is 9.44. The van der Waals surface area contributed by atoms with Gasteiger partial charge < -0.3 is 19.7 Å². The lowest BCUT2D eigenvalue weighted by Crippen LogP contribution is -2.52. The second-order valence-electron chi connectivity index (χ2n) is 11.7. The summed E-state index contributed by atoms with van der Waals surface area (Å²) in [7, 11) is 0. The summed E-state index contributed by atoms with van der Waals surface area (Å²) in [5.74, 6) is 1.19. The molecular weight excluding hydrogens is 492 g/mol. The zero-order chi connectivity index (χ0) is 27.1. The van der Waals surface area contributed by atoms with E-state index in [1.54, 1.807) is 12.1 Å². The number of hydrogen-bond donors (Lipinski definition) is 2. The smallest absolute Gasteiger partial charge is 0.340 e. The van der Waals surface area contributed by atoms with Gasteiger partial charge >= 0.3 is 11.9 Å². The van der Waals surface area contributed by atoms with Crippen molar-refractivity contribution in [1.29, 1.82) is 0 Å². The van der Waals surface area contributed by atoms with Crippen LogP contribution in [0.25, 0.3) is 5.57 Å². The minimum absolute atomic E-state index is 0.119. The second-order valence-corrected chi connectivity index (χ2v) is 11.7. The fourth-order valence-electron chi connectivity index (χ4n) is 8.07. The van der Waals surface area contributed by atoms with Crippen molar-refractivity contribution in [3.63, 3.8) is 0 Å². The van der Waals surface area contributed by atoms with E-state index in [1.165, 1.54) is 0 Å². The predicted molar refractivity (Wildman–Crippen MR) is 147 cm³/mol. The van der Waals surface area contributed by atoms with Crippen molar-refractivity contribution in [2.24, 2.45) is 23.2 Å². The molecule has 6 aliphatic rings. The van der Waals surface area contributed by atoms with E-state index in [-0.39, 0.29) is 42.0 Å². The molecule has 2 heterocycles. The molecule has 0 amide bonds. The summed E-state index contributed by atoms with van der Waals surface area (Å²) in [5, 5.41) is 19.3. The third kappa shape index (κ3) is 4.10. The standard InChI is InChI=1S/C33H38O6/c1-2-3-13-26-33-17-16-22(27(30(33)32(37)39-26)20-10-9-11-21(35)19-20)23-14-15-24-25(12-7-5-4-6-8-18-34)38-31(36)28(24)29(23)33/h9-13,19,22-23,29,34-35H,2-8,14-18H2,1H3/t22-,23-,29-,33-/m1/s1. The van der Waals surface area contributed by atoms with E-state index in [1.807, 2.05) is 12.1 Å². The number of benzene rings is 1. The number of phenolic OH excluding ortho intramolecular Hbond substituents is 1. The molecular formula is C33H38O6. The normalized spacial score (nSPS) is 31.1. The zero-order valence-corrected chi connectivity index (χ0v) is 22.7. The first kappa shape index (κ1) is 26.1. The van der Waals surface area contributed by atoms with Crippen molar-refractivity contribution in [2.75, 3.05) is 6.61 Å². The number of aliphatic hydroxyl groups excluding tert-OH is 1. The maximum atomic E-state index is 13.7. The highest BCUT2D eigenvalue weighted by Gasteiger charge is 2.68. The molecule has 0 aromatic heterocycles. The first-order valence-electron chi connectivity index (χ1n) is 14.7. The van der Waals surface area contributed by atoms with Crippen LogP contribution in [0.1, 0.15) is 83.1 Å². The Hall–Kier alpha value is -3.12. The van der Waals surface area contributed by atoms with Crippen LogP contribution in [0.5, 0.6) is 5.75 Å². The Kier molecular flexibility index (Phi) is 7.00. The summed E-state index contributed by atoms with van der Waals surface area (Å²) in [6.07, 6.45) is 14.0. The number of rotatable bonds is 9. The molecule has 2 N–H and O–H groups in total. The monoisotopic (exact) mass is 530 g/mol. The highest BCUT2D eigenvalue weighted by Crippen LogP contribution is 2.71. The third-order valence-corrected chi connectivity index (χ3v) is 9.56. The lowest BCUT2D eigenvalue weighted by molar-refractivity contribution is -0.135. The molecule has 1 aromatic carbocycles. The van der Waals surface area contributed by atoms with Gasteiger partial charge in [0.05, 0.1) is 11.0 Å². The summed E-state index contributed by atoms with van der Waals surface area (Å²) in [4.78, 5) is 27.2. The fraction of sp³-hybridized carbons (Fsp3) is 0.515. The molecule has 6 heteroatoms. The molecule has 1 saturated heterocycles. The molecule has 39 heavy (non-hydrogen) atoms. The highest BCUT2D eigenvalue weighted by atomic mass is 16.5. The number of allylic oxidation sites excluding steroid dienone is 5. The molecule has 2 aliphatic heterocycles. The van der Waals surface area contributed by atoms with Crippen LogP contribution in [-0.4, -0.2) is 28.8 Å². The summed E-state index contributed by atoms with van der Waals surface area (Å²) in [5.41, 5.74) is 3.67. The minimum atomic E-state index is -0.674. The van der Waals surface area contributed by atoms with Crippen LogP contribution in [0.2, 0.25) is 0 Å². The number of carbonyl (C=O) groups excluding carboxylic acids is 2. The minimum Gasteiger partial charge on any atom is -0.508 e. The Balaban J connectivity index is 1.46. The predicted octanol–water partition coefficient (Wildman–Crippen LogP) is 6.50. The molecule has 0 radical (unpaired) electrons. The molecule has 1 aromatic rings. The van der Waals surface area contributed by atoms with Crippen LogP contribution in [0.4, 0.5) is 0 Å². The average molecular weight is 531 g/mol. The molecule has 206 valence electrons. The second kappa shape index (κ2) is 10.5. The third-order valence-electron chi connectivity index (χ3n) is 9.56. The quantitative estimate of drug-likeness (QED) is 0.280. The summed E-state index contributed by atoms with van der Waals surface area (Å²) >= 11 is 0. The number of phenols is 1. The van der Waals surface area contributed by atoms with E-state index in [4.69, 9.17) is 14.6 Å². The number of esters is 2. The zero-order valence-electron chi connectivity index (χ0n) is 22.7. The van der Waals surface area contributed by atoms with Gasteiger partial charge in [0.25, 0.3) is 0 Å². The van der Waals surface area contributed by atoms with E-state index in [0.29, 0.717) is 17.1 Å². The van der Waals surface area contributed by atoms with Crippen molar-refractivity contribution in [1.82, 2.24) is 0 Å². The van der Waals surface area contributed by atoms with E-state index < -0.39 is 5.41 Å². The number of ether oxygens (including phenoxy) is 2. The molecule has 6 nitrogen and oxygen atoms in total. The van der Waals surface area contributed by atoms with Crippen molar-refractivity contribution in [2.45, 2.75) is 77.6 Å². The SMILES string of the molecule is CCCC=C1OC(=O)C2=C(c3cccc(O)c3)[C@@H]3CC[C@]12[C@H]1C2=C(CC[C@H]31)C(=CCCCCCCO)OC2=O. The Labute approximate surface area is 230 Å². The maximum absolute atomic E-state index is 13.7. The van der Waals surface area contributed by atoms with Gasteiger partial charge in [0.1, 0.15) is 17.3 Å². The summed E-state index contributed by atoms with van der Waals surface area (Å²) < 4.78 is 12.0. The van der Waals surface area contributed by atoms with Crippen molar-refractivity contribution >= 4 is 17.5 Å². The number of hydrogen-bond acceptors (Lipinski definition) is 6. The number of carbonyl (C=O) groups is 2. The molecule has 1 saturated carbocycles. The van der Waals surface area contributed by atoms with E-state index in [9.17, 15) is 14.7 Å². The van der Waals surface area contributed by atoms with Gasteiger partial charge in [-0.25, -0.2) is 9.59 Å². The van der Waals surface area contributed by atoms with E-state index in [0.717, 1.165) is 92.9 Å². The van der Waals surface area contributed by atoms with Crippen molar-refractivity contribution < 1.29 is 29.3 Å². The first-order valence-corrected chi connectivity index (χ1v) is 14.7. The van der Waals surface area contributed by atoms with Crippen LogP contribution >= 0.6 is 0 Å². The van der Waals surface area contributed by atoms with Gasteiger partial charge in [0.2, 0.25) is 0 Å². The fourth-order valence-corrected chi connectivity index (χ4v) is 8.07. The lowest BCUT2D eigenvalue weighted by Gasteiger charge is -2.56. The number of cyclic esters (lactones) is 2. The van der Waals surface area contributed by atoms with Crippen LogP contribution in [0, 0.1) is 23.2 Å². The Morgan fingerprint density at radius 3 is 2.64 bits per heavy atom. The highest BCUT2D eigenvalue weighted by molar-refractivity contribution is 6.06.